The Morgan fingerprint density at radius 1 is 1.14 bits per heavy atom. The van der Waals surface area contributed by atoms with Gasteiger partial charge in [-0.2, -0.15) is 0 Å². The Morgan fingerprint density at radius 3 is 2.54 bits per heavy atom. The molecule has 3 rings (SSSR count). The van der Waals surface area contributed by atoms with E-state index in [2.05, 4.69) is 58.2 Å². The van der Waals surface area contributed by atoms with E-state index in [0.29, 0.717) is 6.54 Å². The van der Waals surface area contributed by atoms with Crippen LogP contribution >= 0.6 is 0 Å². The third kappa shape index (κ3) is 4.07. The minimum Gasteiger partial charge on any atom is -0.496 e. The summed E-state index contributed by atoms with van der Waals surface area (Å²) in [5.74, 6) is 0.189. The molecule has 28 heavy (non-hydrogen) atoms. The van der Waals surface area contributed by atoms with Gasteiger partial charge in [0.15, 0.2) is 0 Å². The molecule has 0 bridgehead atoms. The number of methoxy groups -OCH3 is 1. The average molecular weight is 383 g/mol. The summed E-state index contributed by atoms with van der Waals surface area (Å²) in [6.45, 7) is 8.00. The van der Waals surface area contributed by atoms with Crippen molar-refractivity contribution in [1.82, 2.24) is 0 Å². The predicted octanol–water partition coefficient (Wildman–Crippen LogP) is 4.38. The van der Waals surface area contributed by atoms with Gasteiger partial charge in [0.2, 0.25) is 0 Å². The van der Waals surface area contributed by atoms with Crippen LogP contribution in [0, 0.1) is 20.8 Å². The summed E-state index contributed by atoms with van der Waals surface area (Å²) < 4.78 is 6.29. The summed E-state index contributed by atoms with van der Waals surface area (Å²) in [4.78, 5) is 11.3. The van der Waals surface area contributed by atoms with Crippen LogP contribution in [-0.4, -0.2) is 42.8 Å². The maximum absolute atomic E-state index is 11.3. The summed E-state index contributed by atoms with van der Waals surface area (Å²) in [5.41, 5.74) is 7.79. The van der Waals surface area contributed by atoms with Crippen molar-refractivity contribution in [1.29, 1.82) is 0 Å². The smallest absolute Gasteiger partial charge is 0.309 e. The number of aryl methyl sites for hydroxylation is 3. The Hall–Kier alpha value is -2.33. The van der Waals surface area contributed by atoms with E-state index in [1.54, 1.807) is 7.11 Å². The van der Waals surface area contributed by atoms with Crippen LogP contribution in [0.2, 0.25) is 0 Å². The minimum atomic E-state index is -0.721. The van der Waals surface area contributed by atoms with Crippen LogP contribution in [0.1, 0.15) is 45.8 Å². The second-order valence-electron chi connectivity index (χ2n) is 8.48. The van der Waals surface area contributed by atoms with Gasteiger partial charge in [0, 0.05) is 18.4 Å². The van der Waals surface area contributed by atoms with E-state index in [0.717, 1.165) is 35.2 Å². The Labute approximate surface area is 168 Å². The summed E-state index contributed by atoms with van der Waals surface area (Å²) in [6.07, 6.45) is 2.08. The zero-order valence-electron chi connectivity index (χ0n) is 17.7. The minimum absolute atomic E-state index is 0.199. The van der Waals surface area contributed by atoms with Crippen molar-refractivity contribution in [3.05, 3.63) is 63.7 Å². The van der Waals surface area contributed by atoms with E-state index in [4.69, 9.17) is 4.74 Å². The van der Waals surface area contributed by atoms with Crippen molar-refractivity contribution in [3.8, 4) is 5.75 Å². The Kier molecular flexibility index (Phi) is 5.80. The van der Waals surface area contributed by atoms with Gasteiger partial charge in [0.05, 0.1) is 33.7 Å². The van der Waals surface area contributed by atoms with Crippen LogP contribution in [0.15, 0.2) is 30.3 Å². The van der Waals surface area contributed by atoms with Gasteiger partial charge >= 0.3 is 5.97 Å². The number of hydrogen-bond acceptors (Lipinski definition) is 2. The summed E-state index contributed by atoms with van der Waals surface area (Å²) >= 11 is 0. The summed E-state index contributed by atoms with van der Waals surface area (Å²) in [5, 5.41) is 9.28. The number of ether oxygens (including phenoxy) is 1. The van der Waals surface area contributed by atoms with Crippen molar-refractivity contribution in [2.24, 2.45) is 0 Å². The number of fused-ring (bicyclic) bond motifs is 1. The molecule has 1 aliphatic rings. The number of benzene rings is 2. The molecule has 0 spiro atoms. The quantitative estimate of drug-likeness (QED) is 0.754. The lowest BCUT2D eigenvalue weighted by molar-refractivity contribution is -0.940. The van der Waals surface area contributed by atoms with E-state index in [9.17, 15) is 9.90 Å². The van der Waals surface area contributed by atoms with Crippen molar-refractivity contribution < 1.29 is 19.1 Å². The van der Waals surface area contributed by atoms with Gasteiger partial charge in [-0.3, -0.25) is 4.79 Å². The topological polar surface area (TPSA) is 46.5 Å². The second-order valence-corrected chi connectivity index (χ2v) is 8.48. The van der Waals surface area contributed by atoms with Crippen LogP contribution in [0.4, 0.5) is 0 Å². The lowest BCUT2D eigenvalue weighted by Crippen LogP contribution is -2.53. The van der Waals surface area contributed by atoms with Crippen LogP contribution in [-0.2, 0) is 17.6 Å². The number of rotatable bonds is 6. The monoisotopic (exact) mass is 382 g/mol. The van der Waals surface area contributed by atoms with Crippen molar-refractivity contribution in [2.75, 3.05) is 27.2 Å². The number of quaternary nitrogens is 1. The Bertz CT molecular complexity index is 890. The van der Waals surface area contributed by atoms with Crippen molar-refractivity contribution in [3.63, 3.8) is 0 Å². The molecule has 1 N–H and O–H groups in total. The molecule has 0 aromatic heterocycles. The highest BCUT2D eigenvalue weighted by molar-refractivity contribution is 5.66. The zero-order valence-corrected chi connectivity index (χ0v) is 17.7. The molecule has 1 aliphatic heterocycles. The lowest BCUT2D eigenvalue weighted by atomic mass is 9.84. The highest BCUT2D eigenvalue weighted by atomic mass is 16.5. The molecule has 0 aliphatic carbocycles. The van der Waals surface area contributed by atoms with Gasteiger partial charge in [0.25, 0.3) is 0 Å². The fourth-order valence-electron chi connectivity index (χ4n) is 4.46. The molecule has 0 saturated heterocycles. The molecular weight excluding hydrogens is 350 g/mol. The van der Waals surface area contributed by atoms with Crippen LogP contribution in [0.25, 0.3) is 0 Å². The highest BCUT2D eigenvalue weighted by Crippen LogP contribution is 2.39. The molecular formula is C24H32NO3+. The molecule has 0 amide bonds. The number of aliphatic carboxylic acids is 1. The molecule has 2 atom stereocenters. The maximum atomic E-state index is 11.3. The molecule has 2 aromatic rings. The SMILES string of the molecule is COc1cc(C[C@@H]2c3cc(C)c(C)cc3CC[N+]2(C)CCC(=O)O)ccc1C. The van der Waals surface area contributed by atoms with Crippen molar-refractivity contribution >= 4 is 5.97 Å². The summed E-state index contributed by atoms with van der Waals surface area (Å²) in [6, 6.07) is 11.3. The molecule has 2 aromatic carbocycles. The first kappa shape index (κ1) is 20.4. The molecule has 4 heteroatoms. The largest absolute Gasteiger partial charge is 0.496 e. The number of likely N-dealkylation sites (N-methyl/N-ethyl adjacent to an activating group) is 1. The number of carboxylic acids is 1. The van der Waals surface area contributed by atoms with E-state index in [1.165, 1.54) is 27.8 Å². The second kappa shape index (κ2) is 7.96. The van der Waals surface area contributed by atoms with Gasteiger partial charge in [-0.15, -0.1) is 0 Å². The van der Waals surface area contributed by atoms with E-state index in [-0.39, 0.29) is 12.5 Å². The molecule has 150 valence electrons. The first-order valence-corrected chi connectivity index (χ1v) is 10.0. The van der Waals surface area contributed by atoms with Gasteiger partial charge < -0.3 is 14.3 Å². The van der Waals surface area contributed by atoms with Crippen LogP contribution < -0.4 is 4.74 Å². The van der Waals surface area contributed by atoms with Gasteiger partial charge in [-0.25, -0.2) is 0 Å². The van der Waals surface area contributed by atoms with Crippen molar-refractivity contribution in [2.45, 2.75) is 46.1 Å². The van der Waals surface area contributed by atoms with Crippen LogP contribution in [0.3, 0.4) is 0 Å². The number of carbonyl (C=O) groups is 1. The average Bonchev–Trinajstić information content (AvgIpc) is 2.65. The van der Waals surface area contributed by atoms with Gasteiger partial charge in [0.1, 0.15) is 11.8 Å². The van der Waals surface area contributed by atoms with E-state index < -0.39 is 5.97 Å². The Balaban J connectivity index is 2.03. The first-order valence-electron chi connectivity index (χ1n) is 10.0. The van der Waals surface area contributed by atoms with Crippen LogP contribution in [0.5, 0.6) is 5.75 Å². The zero-order chi connectivity index (χ0) is 20.5. The normalized spacial score (nSPS) is 21.2. The molecule has 0 radical (unpaired) electrons. The fraction of sp³-hybridized carbons (Fsp3) is 0.458. The molecule has 1 heterocycles. The molecule has 0 fully saturated rings. The molecule has 4 nitrogen and oxygen atoms in total. The van der Waals surface area contributed by atoms with Gasteiger partial charge in [-0.1, -0.05) is 18.2 Å². The first-order chi connectivity index (χ1) is 13.2. The third-order valence-corrected chi connectivity index (χ3v) is 6.50. The van der Waals surface area contributed by atoms with Gasteiger partial charge in [-0.05, 0) is 60.7 Å². The number of nitrogens with zero attached hydrogens (tertiary/aromatic N) is 1. The maximum Gasteiger partial charge on any atom is 0.309 e. The Morgan fingerprint density at radius 2 is 1.86 bits per heavy atom. The molecule has 0 saturated carbocycles. The summed E-state index contributed by atoms with van der Waals surface area (Å²) in [7, 11) is 3.93. The predicted molar refractivity (Wildman–Crippen MR) is 112 cm³/mol. The molecule has 1 unspecified atom stereocenters. The standard InChI is InChI=1S/C24H31NO3/c1-16-6-7-19(15-23(16)28-5)14-22-21-13-18(3)17(2)12-20(21)8-10-25(22,4)11-9-24(26)27/h6-7,12-13,15,22H,8-11,14H2,1-5H3/p+1/t22-,25?/m1/s1. The number of carboxylic acid groups (broad SMARTS) is 1. The fourth-order valence-corrected chi connectivity index (χ4v) is 4.46. The third-order valence-electron chi connectivity index (χ3n) is 6.50. The van der Waals surface area contributed by atoms with E-state index >= 15 is 0 Å². The number of hydrogen-bond donors (Lipinski definition) is 1. The van der Waals surface area contributed by atoms with E-state index in [1.807, 2.05) is 0 Å². The highest BCUT2D eigenvalue weighted by Gasteiger charge is 2.39. The lowest BCUT2D eigenvalue weighted by Gasteiger charge is -2.46.